The Morgan fingerprint density at radius 2 is 1.37 bits per heavy atom. The lowest BCUT2D eigenvalue weighted by Gasteiger charge is -2.09. The van der Waals surface area contributed by atoms with Crippen LogP contribution >= 0.6 is 0 Å². The summed E-state index contributed by atoms with van der Waals surface area (Å²) in [5.74, 6) is 0. The van der Waals surface area contributed by atoms with Gasteiger partial charge in [-0.05, 0) is 85.3 Å². The first-order valence-electron chi connectivity index (χ1n) is 13.0. The van der Waals surface area contributed by atoms with Crippen LogP contribution in [0.5, 0.6) is 0 Å². The molecule has 3 aromatic carbocycles. The molecule has 0 amide bonds. The highest BCUT2D eigenvalue weighted by Gasteiger charge is 2.02. The minimum Gasteiger partial charge on any atom is -0.373 e. The lowest BCUT2D eigenvalue weighted by molar-refractivity contribution is 0.148. The van der Waals surface area contributed by atoms with Crippen LogP contribution in [-0.4, -0.2) is 6.61 Å². The topological polar surface area (TPSA) is 9.23 Å². The number of unbranched alkanes of at least 4 members (excludes halogenated alkanes) is 1. The van der Waals surface area contributed by atoms with Crippen LogP contribution in [0.4, 0.5) is 0 Å². The number of hydrogen-bond donors (Lipinski definition) is 0. The summed E-state index contributed by atoms with van der Waals surface area (Å²) in [7, 11) is 0. The van der Waals surface area contributed by atoms with Crippen LogP contribution < -0.4 is 0 Å². The van der Waals surface area contributed by atoms with Gasteiger partial charge in [-0.15, -0.1) is 6.58 Å². The van der Waals surface area contributed by atoms with Gasteiger partial charge in [0.05, 0.1) is 13.2 Å². The molecule has 0 saturated heterocycles. The van der Waals surface area contributed by atoms with E-state index >= 15 is 0 Å². The average molecular weight is 465 g/mol. The third-order valence-electron chi connectivity index (χ3n) is 6.28. The Morgan fingerprint density at radius 3 is 2.11 bits per heavy atom. The molecule has 0 bridgehead atoms. The maximum atomic E-state index is 5.64. The molecule has 0 spiro atoms. The van der Waals surface area contributed by atoms with E-state index in [1.165, 1.54) is 46.2 Å². The summed E-state index contributed by atoms with van der Waals surface area (Å²) in [6, 6.07) is 26.7. The Bertz CT molecular complexity index is 1050. The highest BCUT2D eigenvalue weighted by Crippen LogP contribution is 2.16. The smallest absolute Gasteiger partial charge is 0.0723 e. The number of ether oxygens (including phenoxy) is 1. The molecule has 0 unspecified atom stereocenters. The van der Waals surface area contributed by atoms with Crippen LogP contribution in [-0.2, 0) is 37.0 Å². The molecule has 0 aliphatic rings. The van der Waals surface area contributed by atoms with Gasteiger partial charge in [0, 0.05) is 0 Å². The van der Waals surface area contributed by atoms with Crippen molar-refractivity contribution < 1.29 is 4.74 Å². The number of aryl methyl sites for hydroxylation is 3. The maximum Gasteiger partial charge on any atom is 0.0723 e. The first-order chi connectivity index (χ1) is 17.3. The van der Waals surface area contributed by atoms with E-state index in [9.17, 15) is 0 Å². The predicted molar refractivity (Wildman–Crippen MR) is 152 cm³/mol. The molecule has 0 atom stereocenters. The highest BCUT2D eigenvalue weighted by atomic mass is 16.5. The van der Waals surface area contributed by atoms with E-state index in [1.54, 1.807) is 6.08 Å². The molecule has 1 nitrogen and oxygen atoms in total. The van der Waals surface area contributed by atoms with Crippen LogP contribution in [0.15, 0.2) is 104 Å². The molecule has 3 rings (SSSR count). The van der Waals surface area contributed by atoms with Gasteiger partial charge >= 0.3 is 0 Å². The second-order valence-electron chi connectivity index (χ2n) is 9.05. The second-order valence-corrected chi connectivity index (χ2v) is 9.05. The van der Waals surface area contributed by atoms with Gasteiger partial charge in [0.25, 0.3) is 0 Å². The van der Waals surface area contributed by atoms with E-state index in [-0.39, 0.29) is 0 Å². The van der Waals surface area contributed by atoms with Crippen molar-refractivity contribution in [3.63, 3.8) is 0 Å². The van der Waals surface area contributed by atoms with Crippen molar-refractivity contribution in [3.05, 3.63) is 137 Å². The number of rotatable bonds is 15. The van der Waals surface area contributed by atoms with Crippen molar-refractivity contribution in [2.75, 3.05) is 6.61 Å². The van der Waals surface area contributed by atoms with Gasteiger partial charge in [-0.3, -0.25) is 0 Å². The summed E-state index contributed by atoms with van der Waals surface area (Å²) in [5.41, 5.74) is 8.18. The molecule has 182 valence electrons. The second kappa shape index (κ2) is 15.7. The van der Waals surface area contributed by atoms with Gasteiger partial charge in [0.2, 0.25) is 0 Å². The van der Waals surface area contributed by atoms with E-state index in [1.807, 2.05) is 0 Å². The molecule has 3 aromatic rings. The molecule has 0 N–H and O–H groups in total. The molecule has 0 aliphatic carbocycles. The standard InChI is InChI=1S/C34H40O/c1-3-5-12-29-19-21-30(22-20-29)13-6-7-14-31-23-25-32(26-24-31)15-8-9-16-33-17-10-11-18-34(33)28-35-27-4-2/h3-5,7,10-11,14,17-26H,2,6,8-9,12-13,15-16,27-28H2,1H3/b5-3+,14-7+. The van der Waals surface area contributed by atoms with E-state index < -0.39 is 0 Å². The quantitative estimate of drug-likeness (QED) is 0.161. The Labute approximate surface area is 212 Å². The van der Waals surface area contributed by atoms with Crippen LogP contribution in [0.2, 0.25) is 0 Å². The summed E-state index contributed by atoms with van der Waals surface area (Å²) < 4.78 is 5.64. The van der Waals surface area contributed by atoms with E-state index in [0.29, 0.717) is 13.2 Å². The molecular formula is C34H40O. The van der Waals surface area contributed by atoms with Gasteiger partial charge in [0.1, 0.15) is 0 Å². The Kier molecular flexibility index (Phi) is 11.9. The summed E-state index contributed by atoms with van der Waals surface area (Å²) >= 11 is 0. The molecule has 0 fully saturated rings. The molecular weight excluding hydrogens is 424 g/mol. The lowest BCUT2D eigenvalue weighted by atomic mass is 9.99. The maximum absolute atomic E-state index is 5.64. The summed E-state index contributed by atoms with van der Waals surface area (Å²) in [5, 5.41) is 0. The van der Waals surface area contributed by atoms with Crippen LogP contribution in [0.25, 0.3) is 6.08 Å². The van der Waals surface area contributed by atoms with Crippen molar-refractivity contribution in [1.29, 1.82) is 0 Å². The first kappa shape index (κ1) is 26.4. The fourth-order valence-electron chi connectivity index (χ4n) is 4.20. The molecule has 1 heteroatoms. The van der Waals surface area contributed by atoms with Crippen LogP contribution in [0.1, 0.15) is 59.6 Å². The van der Waals surface area contributed by atoms with E-state index in [0.717, 1.165) is 32.1 Å². The molecule has 35 heavy (non-hydrogen) atoms. The van der Waals surface area contributed by atoms with Gasteiger partial charge < -0.3 is 4.74 Å². The van der Waals surface area contributed by atoms with Gasteiger partial charge in [-0.1, -0.05) is 103 Å². The highest BCUT2D eigenvalue weighted by molar-refractivity contribution is 5.49. The summed E-state index contributed by atoms with van der Waals surface area (Å²) in [6.45, 7) is 7.06. The third-order valence-corrected chi connectivity index (χ3v) is 6.28. The third kappa shape index (κ3) is 9.92. The fraction of sp³-hybridized carbons (Fsp3) is 0.294. The molecule has 0 radical (unpaired) electrons. The summed E-state index contributed by atoms with van der Waals surface area (Å²) in [6.07, 6.45) is 18.4. The normalized spacial score (nSPS) is 11.5. The molecule has 0 aromatic heterocycles. The zero-order valence-electron chi connectivity index (χ0n) is 21.3. The van der Waals surface area contributed by atoms with Gasteiger partial charge in [0.15, 0.2) is 0 Å². The van der Waals surface area contributed by atoms with E-state index in [2.05, 4.69) is 111 Å². The SMILES string of the molecule is C=CCOCc1ccccc1CCCCc1ccc(/C=C/CCc2ccc(C/C=C/C)cc2)cc1. The number of allylic oxidation sites excluding steroid dienone is 3. The predicted octanol–water partition coefficient (Wildman–Crippen LogP) is 8.72. The van der Waals surface area contributed by atoms with Crippen molar-refractivity contribution >= 4 is 6.08 Å². The lowest BCUT2D eigenvalue weighted by Crippen LogP contribution is -1.99. The minimum atomic E-state index is 0.602. The van der Waals surface area contributed by atoms with Crippen molar-refractivity contribution in [1.82, 2.24) is 0 Å². The molecule has 0 aliphatic heterocycles. The van der Waals surface area contributed by atoms with Crippen LogP contribution in [0, 0.1) is 0 Å². The fourth-order valence-corrected chi connectivity index (χ4v) is 4.20. The van der Waals surface area contributed by atoms with Gasteiger partial charge in [-0.25, -0.2) is 0 Å². The van der Waals surface area contributed by atoms with Crippen molar-refractivity contribution in [2.45, 2.75) is 58.5 Å². The van der Waals surface area contributed by atoms with Gasteiger partial charge in [-0.2, -0.15) is 0 Å². The van der Waals surface area contributed by atoms with Crippen molar-refractivity contribution in [2.24, 2.45) is 0 Å². The van der Waals surface area contributed by atoms with Crippen LogP contribution in [0.3, 0.4) is 0 Å². The zero-order valence-corrected chi connectivity index (χ0v) is 21.3. The monoisotopic (exact) mass is 464 g/mol. The Morgan fingerprint density at radius 1 is 0.714 bits per heavy atom. The minimum absolute atomic E-state index is 0.602. The Hall–Kier alpha value is -3.16. The van der Waals surface area contributed by atoms with E-state index in [4.69, 9.17) is 4.74 Å². The molecule has 0 saturated carbocycles. The number of benzene rings is 3. The molecule has 0 heterocycles. The Balaban J connectivity index is 1.36. The number of hydrogen-bond acceptors (Lipinski definition) is 1. The van der Waals surface area contributed by atoms with Crippen molar-refractivity contribution in [3.8, 4) is 0 Å². The summed E-state index contributed by atoms with van der Waals surface area (Å²) in [4.78, 5) is 0. The zero-order chi connectivity index (χ0) is 24.6. The first-order valence-corrected chi connectivity index (χ1v) is 13.0. The average Bonchev–Trinajstić information content (AvgIpc) is 2.90. The largest absolute Gasteiger partial charge is 0.373 e.